The monoisotopic (exact) mass is 184 g/mol. The molecule has 0 aliphatic carbocycles. The molecule has 1 heterocycles. The van der Waals surface area contributed by atoms with Crippen LogP contribution in [0.5, 0.6) is 0 Å². The normalized spacial score (nSPS) is 10.7. The van der Waals surface area contributed by atoms with E-state index in [9.17, 15) is 0 Å². The molecule has 1 nitrogen and oxygen atoms in total. The first kappa shape index (κ1) is 7.07. The summed E-state index contributed by atoms with van der Waals surface area (Å²) < 4.78 is 5.17. The molecule has 2 aromatic rings. The lowest BCUT2D eigenvalue weighted by atomic mass is 10.3. The van der Waals surface area contributed by atoms with E-state index in [1.807, 2.05) is 12.1 Å². The Morgan fingerprint density at radius 3 is 3.00 bits per heavy atom. The molecule has 0 fully saturated rings. The third-order valence-electron chi connectivity index (χ3n) is 1.52. The van der Waals surface area contributed by atoms with E-state index in [1.165, 1.54) is 0 Å². The fraction of sp³-hybridized carbons (Fsp3) is 0. The molecule has 1 aromatic heterocycles. The third-order valence-corrected chi connectivity index (χ3v) is 2.10. The summed E-state index contributed by atoms with van der Waals surface area (Å²) in [5.74, 6) is 0. The molecule has 1 aromatic carbocycles. The van der Waals surface area contributed by atoms with Crippen LogP contribution in [0.4, 0.5) is 0 Å². The van der Waals surface area contributed by atoms with Crippen molar-refractivity contribution >= 4 is 35.2 Å². The van der Waals surface area contributed by atoms with E-state index < -0.39 is 0 Å². The Morgan fingerprint density at radius 2 is 2.18 bits per heavy atom. The van der Waals surface area contributed by atoms with E-state index >= 15 is 0 Å². The highest BCUT2D eigenvalue weighted by molar-refractivity contribution is 7.80. The lowest BCUT2D eigenvalue weighted by molar-refractivity contribution is 0.608. The minimum atomic E-state index is 0.703. The number of benzene rings is 1. The molecule has 0 saturated carbocycles. The molecule has 0 atom stereocenters. The summed E-state index contributed by atoms with van der Waals surface area (Å²) in [5.41, 5.74) is 0.819. The lowest BCUT2D eigenvalue weighted by Gasteiger charge is -1.89. The van der Waals surface area contributed by atoms with Crippen LogP contribution in [-0.2, 0) is 0 Å². The number of furan rings is 1. The average Bonchev–Trinajstić information content (AvgIpc) is 2.33. The zero-order chi connectivity index (χ0) is 7.84. The van der Waals surface area contributed by atoms with Gasteiger partial charge in [-0.2, -0.15) is 0 Å². The maximum atomic E-state index is 5.77. The molecule has 0 N–H and O–H groups in total. The van der Waals surface area contributed by atoms with Crippen molar-refractivity contribution in [2.45, 2.75) is 4.90 Å². The zero-order valence-electron chi connectivity index (χ0n) is 5.54. The van der Waals surface area contributed by atoms with Gasteiger partial charge in [0.25, 0.3) is 0 Å². The van der Waals surface area contributed by atoms with Crippen molar-refractivity contribution < 1.29 is 4.42 Å². The Morgan fingerprint density at radius 1 is 1.36 bits per heavy atom. The van der Waals surface area contributed by atoms with Gasteiger partial charge in [0.2, 0.25) is 0 Å². The maximum Gasteiger partial charge on any atom is 0.135 e. The summed E-state index contributed by atoms with van der Waals surface area (Å²) in [5, 5.41) is 1.66. The Kier molecular flexibility index (Phi) is 1.59. The first-order valence-electron chi connectivity index (χ1n) is 3.13. The van der Waals surface area contributed by atoms with Gasteiger partial charge >= 0.3 is 0 Å². The molecule has 0 spiro atoms. The summed E-state index contributed by atoms with van der Waals surface area (Å²) in [7, 11) is 0. The van der Waals surface area contributed by atoms with Crippen molar-refractivity contribution in [3.63, 3.8) is 0 Å². The quantitative estimate of drug-likeness (QED) is 0.620. The predicted octanol–water partition coefficient (Wildman–Crippen LogP) is 3.37. The van der Waals surface area contributed by atoms with Crippen LogP contribution in [0, 0.1) is 0 Å². The van der Waals surface area contributed by atoms with Crippen molar-refractivity contribution in [3.05, 3.63) is 29.5 Å². The summed E-state index contributed by atoms with van der Waals surface area (Å²) in [4.78, 5) is 0.822. The number of hydrogen-bond acceptors (Lipinski definition) is 2. The van der Waals surface area contributed by atoms with E-state index in [-0.39, 0.29) is 0 Å². The summed E-state index contributed by atoms with van der Waals surface area (Å²) in [6.07, 6.45) is 1.60. The van der Waals surface area contributed by atoms with Crippen LogP contribution in [0.1, 0.15) is 0 Å². The summed E-state index contributed by atoms with van der Waals surface area (Å²) in [6.45, 7) is 0. The van der Waals surface area contributed by atoms with E-state index in [0.717, 1.165) is 15.9 Å². The lowest BCUT2D eigenvalue weighted by Crippen LogP contribution is -1.64. The second-order valence-corrected chi connectivity index (χ2v) is 3.18. The van der Waals surface area contributed by atoms with Crippen LogP contribution in [0.15, 0.2) is 33.8 Å². The van der Waals surface area contributed by atoms with Gasteiger partial charge in [-0.15, -0.1) is 12.6 Å². The van der Waals surface area contributed by atoms with Gasteiger partial charge in [0.05, 0.1) is 4.90 Å². The molecule has 56 valence electrons. The Balaban J connectivity index is 2.87. The van der Waals surface area contributed by atoms with Crippen molar-refractivity contribution in [1.82, 2.24) is 0 Å². The van der Waals surface area contributed by atoms with E-state index in [2.05, 4.69) is 12.6 Å². The Bertz CT molecular complexity index is 394. The number of thiol groups is 1. The smallest absolute Gasteiger partial charge is 0.135 e. The van der Waals surface area contributed by atoms with Crippen LogP contribution < -0.4 is 0 Å². The number of rotatable bonds is 0. The van der Waals surface area contributed by atoms with Gasteiger partial charge in [0.15, 0.2) is 0 Å². The molecule has 0 unspecified atom stereocenters. The molecule has 3 heteroatoms. The minimum absolute atomic E-state index is 0.703. The fourth-order valence-corrected chi connectivity index (χ4v) is 1.39. The molecule has 0 radical (unpaired) electrons. The molecule has 0 bridgehead atoms. The largest absolute Gasteiger partial charge is 0.463 e. The van der Waals surface area contributed by atoms with Gasteiger partial charge in [-0.05, 0) is 18.2 Å². The minimum Gasteiger partial charge on any atom is -0.463 e. The topological polar surface area (TPSA) is 13.1 Å². The van der Waals surface area contributed by atoms with E-state index in [1.54, 1.807) is 12.3 Å². The van der Waals surface area contributed by atoms with Gasteiger partial charge < -0.3 is 4.42 Å². The number of fused-ring (bicyclic) bond motifs is 1. The predicted molar refractivity (Wildman–Crippen MR) is 48.5 cm³/mol. The average molecular weight is 185 g/mol. The second kappa shape index (κ2) is 2.47. The maximum absolute atomic E-state index is 5.77. The Labute approximate surface area is 74.4 Å². The Hall–Kier alpha value is -0.600. The number of hydrogen-bond donors (Lipinski definition) is 1. The van der Waals surface area contributed by atoms with E-state index in [0.29, 0.717) is 5.02 Å². The van der Waals surface area contributed by atoms with E-state index in [4.69, 9.17) is 16.0 Å². The standard InChI is InChI=1S/C8H5ClOS/c9-5-1-2-7-6(3-5)8(11)4-10-7/h1-4,11H. The van der Waals surface area contributed by atoms with Gasteiger partial charge in [0.1, 0.15) is 11.8 Å². The SMILES string of the molecule is Sc1coc2ccc(Cl)cc12. The van der Waals surface area contributed by atoms with Gasteiger partial charge in [0, 0.05) is 10.4 Å². The molecule has 0 aliphatic rings. The molecule has 0 saturated heterocycles. The van der Waals surface area contributed by atoms with Crippen LogP contribution in [0.3, 0.4) is 0 Å². The summed E-state index contributed by atoms with van der Waals surface area (Å²) in [6, 6.07) is 5.46. The van der Waals surface area contributed by atoms with Crippen LogP contribution >= 0.6 is 24.2 Å². The van der Waals surface area contributed by atoms with Crippen LogP contribution in [0.2, 0.25) is 5.02 Å². The summed E-state index contributed by atoms with van der Waals surface area (Å²) >= 11 is 9.97. The molecular formula is C8H5ClOS. The van der Waals surface area contributed by atoms with Crippen molar-refractivity contribution in [1.29, 1.82) is 0 Å². The highest BCUT2D eigenvalue weighted by atomic mass is 35.5. The zero-order valence-corrected chi connectivity index (χ0v) is 7.19. The number of halogens is 1. The molecular weight excluding hydrogens is 180 g/mol. The van der Waals surface area contributed by atoms with Crippen LogP contribution in [0.25, 0.3) is 11.0 Å². The first-order chi connectivity index (χ1) is 5.27. The third kappa shape index (κ3) is 1.12. The van der Waals surface area contributed by atoms with Crippen molar-refractivity contribution in [2.24, 2.45) is 0 Å². The highest BCUT2D eigenvalue weighted by Gasteiger charge is 2.01. The fourth-order valence-electron chi connectivity index (χ4n) is 0.988. The van der Waals surface area contributed by atoms with Crippen LogP contribution in [-0.4, -0.2) is 0 Å². The second-order valence-electron chi connectivity index (χ2n) is 2.26. The molecule has 11 heavy (non-hydrogen) atoms. The molecule has 0 aliphatic heterocycles. The van der Waals surface area contributed by atoms with Gasteiger partial charge in [-0.1, -0.05) is 11.6 Å². The molecule has 2 rings (SSSR count). The van der Waals surface area contributed by atoms with Crippen molar-refractivity contribution in [3.8, 4) is 0 Å². The highest BCUT2D eigenvalue weighted by Crippen LogP contribution is 2.26. The van der Waals surface area contributed by atoms with Gasteiger partial charge in [-0.25, -0.2) is 0 Å². The molecule has 0 amide bonds. The first-order valence-corrected chi connectivity index (χ1v) is 3.95. The van der Waals surface area contributed by atoms with Crippen molar-refractivity contribution in [2.75, 3.05) is 0 Å². The van der Waals surface area contributed by atoms with Gasteiger partial charge in [-0.3, -0.25) is 0 Å².